The maximum absolute atomic E-state index is 5.73. The van der Waals surface area contributed by atoms with Gasteiger partial charge in [0.25, 0.3) is 0 Å². The van der Waals surface area contributed by atoms with Crippen LogP contribution in [0.5, 0.6) is 0 Å². The Balaban J connectivity index is 2.07. The Morgan fingerprint density at radius 1 is 1.13 bits per heavy atom. The summed E-state index contributed by atoms with van der Waals surface area (Å²) in [5.41, 5.74) is 3.12. The Labute approximate surface area is 88.6 Å². The highest BCUT2D eigenvalue weighted by Gasteiger charge is 2.12. The standard InChI is InChI=1S/C13H13NO/c1-2-6-10(7-3-1)13-14-11-8-4-5-9-12(11)15-13/h4-6,8-9H,1-3,7H2. The van der Waals surface area contributed by atoms with Crippen LogP contribution >= 0.6 is 0 Å². The molecule has 0 unspecified atom stereocenters. The molecule has 1 heterocycles. The predicted molar refractivity (Wildman–Crippen MR) is 60.5 cm³/mol. The van der Waals surface area contributed by atoms with Gasteiger partial charge in [-0.3, -0.25) is 0 Å². The quantitative estimate of drug-likeness (QED) is 0.698. The third-order valence-electron chi connectivity index (χ3n) is 2.86. The van der Waals surface area contributed by atoms with Crippen molar-refractivity contribution in [1.82, 2.24) is 4.98 Å². The van der Waals surface area contributed by atoms with E-state index in [1.54, 1.807) is 0 Å². The molecule has 3 rings (SSSR count). The fourth-order valence-electron chi connectivity index (χ4n) is 2.04. The molecule has 2 aromatic rings. The van der Waals surface area contributed by atoms with Crippen molar-refractivity contribution in [3.05, 3.63) is 36.2 Å². The van der Waals surface area contributed by atoms with E-state index in [0.29, 0.717) is 0 Å². The Bertz CT molecular complexity index is 477. The molecular formula is C13H13NO. The molecule has 0 N–H and O–H groups in total. The molecule has 1 aliphatic carbocycles. The lowest BCUT2D eigenvalue weighted by Crippen LogP contribution is -1.91. The van der Waals surface area contributed by atoms with E-state index in [1.807, 2.05) is 24.3 Å². The number of allylic oxidation sites excluding steroid dienone is 2. The molecule has 0 atom stereocenters. The summed E-state index contributed by atoms with van der Waals surface area (Å²) in [7, 11) is 0. The molecule has 0 aliphatic heterocycles. The SMILES string of the molecule is C1=C(c2nc3ccccc3o2)CCCC1. The molecular weight excluding hydrogens is 186 g/mol. The van der Waals surface area contributed by atoms with Crippen LogP contribution < -0.4 is 0 Å². The van der Waals surface area contributed by atoms with Crippen LogP contribution in [0.2, 0.25) is 0 Å². The zero-order valence-electron chi connectivity index (χ0n) is 8.57. The van der Waals surface area contributed by atoms with Crippen LogP contribution in [0.1, 0.15) is 31.6 Å². The fourth-order valence-corrected chi connectivity index (χ4v) is 2.04. The number of para-hydroxylation sites is 2. The van der Waals surface area contributed by atoms with E-state index in [-0.39, 0.29) is 0 Å². The van der Waals surface area contributed by atoms with Gasteiger partial charge in [-0.1, -0.05) is 18.2 Å². The van der Waals surface area contributed by atoms with Gasteiger partial charge in [-0.25, -0.2) is 4.98 Å². The highest BCUT2D eigenvalue weighted by molar-refractivity contribution is 5.75. The summed E-state index contributed by atoms with van der Waals surface area (Å²) in [4.78, 5) is 4.50. The molecule has 0 radical (unpaired) electrons. The average Bonchev–Trinajstić information content (AvgIpc) is 2.74. The first-order valence-corrected chi connectivity index (χ1v) is 5.48. The van der Waals surface area contributed by atoms with Crippen LogP contribution in [0.4, 0.5) is 0 Å². The Hall–Kier alpha value is -1.57. The van der Waals surface area contributed by atoms with Crippen LogP contribution in [0, 0.1) is 0 Å². The van der Waals surface area contributed by atoms with Crippen molar-refractivity contribution in [3.8, 4) is 0 Å². The van der Waals surface area contributed by atoms with Crippen LogP contribution in [-0.4, -0.2) is 4.98 Å². The van der Waals surface area contributed by atoms with E-state index in [4.69, 9.17) is 4.42 Å². The fraction of sp³-hybridized carbons (Fsp3) is 0.308. The van der Waals surface area contributed by atoms with Crippen molar-refractivity contribution in [1.29, 1.82) is 0 Å². The molecule has 2 nitrogen and oxygen atoms in total. The summed E-state index contributed by atoms with van der Waals surface area (Å²) in [6.07, 6.45) is 7.07. The van der Waals surface area contributed by atoms with E-state index in [0.717, 1.165) is 29.8 Å². The van der Waals surface area contributed by atoms with E-state index >= 15 is 0 Å². The lowest BCUT2D eigenvalue weighted by molar-refractivity contribution is 0.573. The van der Waals surface area contributed by atoms with Crippen LogP contribution in [0.3, 0.4) is 0 Å². The number of hydrogen-bond acceptors (Lipinski definition) is 2. The highest BCUT2D eigenvalue weighted by atomic mass is 16.3. The second-order valence-corrected chi connectivity index (χ2v) is 3.96. The zero-order chi connectivity index (χ0) is 10.1. The van der Waals surface area contributed by atoms with Gasteiger partial charge in [0.15, 0.2) is 5.58 Å². The summed E-state index contributed by atoms with van der Waals surface area (Å²) in [5.74, 6) is 0.816. The van der Waals surface area contributed by atoms with E-state index in [2.05, 4.69) is 11.1 Å². The van der Waals surface area contributed by atoms with E-state index in [1.165, 1.54) is 18.4 Å². The molecule has 1 aliphatic rings. The van der Waals surface area contributed by atoms with Crippen molar-refractivity contribution in [2.24, 2.45) is 0 Å². The number of fused-ring (bicyclic) bond motifs is 1. The third-order valence-corrected chi connectivity index (χ3v) is 2.86. The molecule has 15 heavy (non-hydrogen) atoms. The van der Waals surface area contributed by atoms with Crippen molar-refractivity contribution < 1.29 is 4.42 Å². The predicted octanol–water partition coefficient (Wildman–Crippen LogP) is 3.79. The Morgan fingerprint density at radius 3 is 2.87 bits per heavy atom. The van der Waals surface area contributed by atoms with Gasteiger partial charge in [0, 0.05) is 5.57 Å². The number of hydrogen-bond donors (Lipinski definition) is 0. The van der Waals surface area contributed by atoms with E-state index in [9.17, 15) is 0 Å². The molecule has 0 saturated carbocycles. The third kappa shape index (κ3) is 1.56. The lowest BCUT2D eigenvalue weighted by Gasteiger charge is -2.08. The molecule has 0 fully saturated rings. The smallest absolute Gasteiger partial charge is 0.222 e. The topological polar surface area (TPSA) is 26.0 Å². The summed E-state index contributed by atoms with van der Waals surface area (Å²) >= 11 is 0. The second kappa shape index (κ2) is 3.54. The zero-order valence-corrected chi connectivity index (χ0v) is 8.57. The number of benzene rings is 1. The number of rotatable bonds is 1. The van der Waals surface area contributed by atoms with Gasteiger partial charge >= 0.3 is 0 Å². The van der Waals surface area contributed by atoms with Gasteiger partial charge in [0.2, 0.25) is 5.89 Å². The second-order valence-electron chi connectivity index (χ2n) is 3.96. The van der Waals surface area contributed by atoms with Gasteiger partial charge in [-0.05, 0) is 37.8 Å². The molecule has 2 heteroatoms. The largest absolute Gasteiger partial charge is 0.436 e. The molecule has 0 amide bonds. The van der Waals surface area contributed by atoms with Crippen LogP contribution in [-0.2, 0) is 0 Å². The van der Waals surface area contributed by atoms with Gasteiger partial charge in [0.05, 0.1) is 0 Å². The van der Waals surface area contributed by atoms with Crippen LogP contribution in [0.25, 0.3) is 16.7 Å². The summed E-state index contributed by atoms with van der Waals surface area (Å²) in [6.45, 7) is 0. The van der Waals surface area contributed by atoms with Gasteiger partial charge in [0.1, 0.15) is 5.52 Å². The first-order chi connectivity index (χ1) is 7.43. The maximum Gasteiger partial charge on any atom is 0.222 e. The number of aromatic nitrogens is 1. The molecule has 0 spiro atoms. The molecule has 0 bridgehead atoms. The van der Waals surface area contributed by atoms with Gasteiger partial charge < -0.3 is 4.42 Å². The van der Waals surface area contributed by atoms with E-state index < -0.39 is 0 Å². The molecule has 1 aromatic carbocycles. The molecule has 1 aromatic heterocycles. The number of oxazole rings is 1. The first-order valence-electron chi connectivity index (χ1n) is 5.48. The van der Waals surface area contributed by atoms with Crippen LogP contribution in [0.15, 0.2) is 34.8 Å². The lowest BCUT2D eigenvalue weighted by atomic mass is 10.00. The Morgan fingerprint density at radius 2 is 2.07 bits per heavy atom. The average molecular weight is 199 g/mol. The molecule has 0 saturated heterocycles. The summed E-state index contributed by atoms with van der Waals surface area (Å²) in [6, 6.07) is 7.93. The normalized spacial score (nSPS) is 16.7. The van der Waals surface area contributed by atoms with Gasteiger partial charge in [-0.15, -0.1) is 0 Å². The van der Waals surface area contributed by atoms with Crippen molar-refractivity contribution in [3.63, 3.8) is 0 Å². The minimum Gasteiger partial charge on any atom is -0.436 e. The minimum atomic E-state index is 0.816. The van der Waals surface area contributed by atoms with Crippen molar-refractivity contribution >= 4 is 16.7 Å². The van der Waals surface area contributed by atoms with Crippen molar-refractivity contribution in [2.75, 3.05) is 0 Å². The molecule has 76 valence electrons. The van der Waals surface area contributed by atoms with Gasteiger partial charge in [-0.2, -0.15) is 0 Å². The monoisotopic (exact) mass is 199 g/mol. The maximum atomic E-state index is 5.73. The highest BCUT2D eigenvalue weighted by Crippen LogP contribution is 2.28. The summed E-state index contributed by atoms with van der Waals surface area (Å²) < 4.78 is 5.73. The Kier molecular flexibility index (Phi) is 2.05. The van der Waals surface area contributed by atoms with Crippen molar-refractivity contribution in [2.45, 2.75) is 25.7 Å². The first kappa shape index (κ1) is 8.72. The number of nitrogens with zero attached hydrogens (tertiary/aromatic N) is 1. The summed E-state index contributed by atoms with van der Waals surface area (Å²) in [5, 5.41) is 0. The minimum absolute atomic E-state index is 0.816.